The molecular weight excluding hydrogens is 331 g/mol. The van der Waals surface area contributed by atoms with Crippen molar-refractivity contribution in [1.29, 1.82) is 0 Å². The Morgan fingerprint density at radius 3 is 2.71 bits per heavy atom. The number of hydrogen-bond donors (Lipinski definition) is 1. The van der Waals surface area contributed by atoms with E-state index in [9.17, 15) is 4.39 Å². The highest BCUT2D eigenvalue weighted by molar-refractivity contribution is 9.10. The molecule has 0 bridgehead atoms. The van der Waals surface area contributed by atoms with Crippen molar-refractivity contribution in [1.82, 2.24) is 4.98 Å². The Morgan fingerprint density at radius 1 is 1.10 bits per heavy atom. The van der Waals surface area contributed by atoms with Crippen LogP contribution in [0.1, 0.15) is 17.3 Å². The van der Waals surface area contributed by atoms with E-state index >= 15 is 0 Å². The fourth-order valence-corrected chi connectivity index (χ4v) is 2.84. The van der Waals surface area contributed by atoms with Gasteiger partial charge in [0.05, 0.1) is 5.52 Å². The molecule has 0 spiro atoms. The minimum Gasteiger partial charge on any atom is -0.324 e. The number of benzene rings is 2. The number of fused-ring (bicyclic) bond motifs is 1. The molecule has 0 saturated heterocycles. The molecule has 21 heavy (non-hydrogen) atoms. The Labute approximate surface area is 130 Å². The molecule has 1 heterocycles. The first-order chi connectivity index (χ1) is 10.1. The predicted molar refractivity (Wildman–Crippen MR) is 86.5 cm³/mol. The number of nitrogens with zero attached hydrogens (tertiary/aromatic N) is 1. The molecule has 3 aromatic rings. The summed E-state index contributed by atoms with van der Waals surface area (Å²) in [5, 5.41) is 1.10. The molecule has 0 aliphatic rings. The van der Waals surface area contributed by atoms with Crippen LogP contribution in [0.25, 0.3) is 10.9 Å². The molecule has 1 unspecified atom stereocenters. The molecule has 2 nitrogen and oxygen atoms in total. The van der Waals surface area contributed by atoms with Crippen LogP contribution in [0, 0.1) is 5.82 Å². The van der Waals surface area contributed by atoms with Gasteiger partial charge in [-0.25, -0.2) is 4.39 Å². The average Bonchev–Trinajstić information content (AvgIpc) is 2.46. The molecule has 3 rings (SSSR count). The van der Waals surface area contributed by atoms with Gasteiger partial charge in [-0.15, -0.1) is 0 Å². The van der Waals surface area contributed by atoms with E-state index < -0.39 is 0 Å². The van der Waals surface area contributed by atoms with Crippen molar-refractivity contribution < 1.29 is 4.39 Å². The first-order valence-corrected chi connectivity index (χ1v) is 7.47. The molecule has 2 N–H and O–H groups in total. The lowest BCUT2D eigenvalue weighted by atomic mass is 10.0. The summed E-state index contributed by atoms with van der Waals surface area (Å²) in [6.45, 7) is 0. The quantitative estimate of drug-likeness (QED) is 0.765. The van der Waals surface area contributed by atoms with Crippen LogP contribution < -0.4 is 5.73 Å². The Bertz CT molecular complexity index is 768. The Hall–Kier alpha value is -1.78. The monoisotopic (exact) mass is 344 g/mol. The second-order valence-electron chi connectivity index (χ2n) is 5.01. The van der Waals surface area contributed by atoms with Gasteiger partial charge in [0, 0.05) is 28.0 Å². The van der Waals surface area contributed by atoms with Crippen LogP contribution in [0.5, 0.6) is 0 Å². The number of pyridine rings is 1. The van der Waals surface area contributed by atoms with Gasteiger partial charge in [0.25, 0.3) is 0 Å². The van der Waals surface area contributed by atoms with E-state index in [0.29, 0.717) is 10.9 Å². The number of halogens is 2. The molecule has 1 atom stereocenters. The van der Waals surface area contributed by atoms with Crippen molar-refractivity contribution in [2.45, 2.75) is 12.5 Å². The standard InChI is InChI=1S/C17H14BrFN2/c18-13-7-12(8-14(19)9-13)16(20)10-15-6-5-11-3-1-2-4-17(11)21-15/h1-9,16H,10,20H2. The zero-order valence-corrected chi connectivity index (χ0v) is 12.8. The zero-order chi connectivity index (χ0) is 14.8. The molecular formula is C17H14BrFN2. The van der Waals surface area contributed by atoms with Crippen molar-refractivity contribution in [2.24, 2.45) is 5.73 Å². The van der Waals surface area contributed by atoms with Crippen molar-refractivity contribution in [3.63, 3.8) is 0 Å². The topological polar surface area (TPSA) is 38.9 Å². The molecule has 1 aromatic heterocycles. The summed E-state index contributed by atoms with van der Waals surface area (Å²) in [6, 6.07) is 16.4. The second-order valence-corrected chi connectivity index (χ2v) is 5.92. The minimum atomic E-state index is -0.290. The molecule has 0 radical (unpaired) electrons. The van der Waals surface area contributed by atoms with Gasteiger partial charge in [-0.05, 0) is 35.9 Å². The number of para-hydroxylation sites is 1. The average molecular weight is 345 g/mol. The summed E-state index contributed by atoms with van der Waals surface area (Å²) in [6.07, 6.45) is 0.570. The molecule has 0 fully saturated rings. The van der Waals surface area contributed by atoms with Crippen LogP contribution in [0.4, 0.5) is 4.39 Å². The number of rotatable bonds is 3. The molecule has 0 aliphatic carbocycles. The van der Waals surface area contributed by atoms with E-state index in [1.807, 2.05) is 42.5 Å². The zero-order valence-electron chi connectivity index (χ0n) is 11.3. The summed E-state index contributed by atoms with van der Waals surface area (Å²) in [7, 11) is 0. The molecule has 0 amide bonds. The van der Waals surface area contributed by atoms with Crippen LogP contribution in [0.15, 0.2) is 59.1 Å². The fraction of sp³-hybridized carbons (Fsp3) is 0.118. The normalized spacial score (nSPS) is 12.5. The summed E-state index contributed by atoms with van der Waals surface area (Å²) in [4.78, 5) is 4.60. The lowest BCUT2D eigenvalue weighted by Crippen LogP contribution is -2.14. The van der Waals surface area contributed by atoms with Gasteiger partial charge in [0.2, 0.25) is 0 Å². The molecule has 0 aliphatic heterocycles. The number of aromatic nitrogens is 1. The maximum Gasteiger partial charge on any atom is 0.124 e. The SMILES string of the molecule is NC(Cc1ccc2ccccc2n1)c1cc(F)cc(Br)c1. The summed E-state index contributed by atoms with van der Waals surface area (Å²) < 4.78 is 14.1. The second kappa shape index (κ2) is 5.92. The van der Waals surface area contributed by atoms with Gasteiger partial charge >= 0.3 is 0 Å². The number of hydrogen-bond acceptors (Lipinski definition) is 2. The highest BCUT2D eigenvalue weighted by Crippen LogP contribution is 2.22. The van der Waals surface area contributed by atoms with E-state index in [4.69, 9.17) is 5.73 Å². The Kier molecular flexibility index (Phi) is 3.99. The summed E-state index contributed by atoms with van der Waals surface area (Å²) >= 11 is 3.29. The van der Waals surface area contributed by atoms with Crippen LogP contribution in [0.2, 0.25) is 0 Å². The van der Waals surface area contributed by atoms with Crippen LogP contribution in [-0.2, 0) is 6.42 Å². The third kappa shape index (κ3) is 3.28. The van der Waals surface area contributed by atoms with E-state index in [0.717, 1.165) is 22.2 Å². The third-order valence-electron chi connectivity index (χ3n) is 3.40. The van der Waals surface area contributed by atoms with Crippen LogP contribution in [-0.4, -0.2) is 4.98 Å². The highest BCUT2D eigenvalue weighted by Gasteiger charge is 2.10. The Morgan fingerprint density at radius 2 is 1.90 bits per heavy atom. The maximum absolute atomic E-state index is 13.4. The van der Waals surface area contributed by atoms with E-state index in [1.165, 1.54) is 12.1 Å². The Balaban J connectivity index is 1.86. The molecule has 0 saturated carbocycles. The van der Waals surface area contributed by atoms with Gasteiger partial charge in [-0.1, -0.05) is 40.2 Å². The lowest BCUT2D eigenvalue weighted by Gasteiger charge is -2.13. The van der Waals surface area contributed by atoms with Gasteiger partial charge in [0.1, 0.15) is 5.82 Å². The van der Waals surface area contributed by atoms with Crippen molar-refractivity contribution in [2.75, 3.05) is 0 Å². The largest absolute Gasteiger partial charge is 0.324 e. The van der Waals surface area contributed by atoms with Crippen LogP contribution in [0.3, 0.4) is 0 Å². The molecule has 106 valence electrons. The summed E-state index contributed by atoms with van der Waals surface area (Å²) in [5.41, 5.74) is 8.79. The summed E-state index contributed by atoms with van der Waals surface area (Å²) in [5.74, 6) is -0.290. The first kappa shape index (κ1) is 14.2. The van der Waals surface area contributed by atoms with Crippen molar-refractivity contribution in [3.8, 4) is 0 Å². The van der Waals surface area contributed by atoms with Gasteiger partial charge in [-0.3, -0.25) is 4.98 Å². The van der Waals surface area contributed by atoms with Crippen molar-refractivity contribution in [3.05, 3.63) is 76.1 Å². The molecule has 4 heteroatoms. The van der Waals surface area contributed by atoms with E-state index in [-0.39, 0.29) is 11.9 Å². The smallest absolute Gasteiger partial charge is 0.124 e. The lowest BCUT2D eigenvalue weighted by molar-refractivity contribution is 0.616. The minimum absolute atomic E-state index is 0.286. The van der Waals surface area contributed by atoms with E-state index in [1.54, 1.807) is 0 Å². The van der Waals surface area contributed by atoms with Gasteiger partial charge < -0.3 is 5.73 Å². The van der Waals surface area contributed by atoms with E-state index in [2.05, 4.69) is 20.9 Å². The highest BCUT2D eigenvalue weighted by atomic mass is 79.9. The van der Waals surface area contributed by atoms with Gasteiger partial charge in [-0.2, -0.15) is 0 Å². The molecule has 2 aromatic carbocycles. The first-order valence-electron chi connectivity index (χ1n) is 6.68. The number of nitrogens with two attached hydrogens (primary N) is 1. The predicted octanol–water partition coefficient (Wildman–Crippen LogP) is 4.38. The van der Waals surface area contributed by atoms with Crippen LogP contribution >= 0.6 is 15.9 Å². The maximum atomic E-state index is 13.4. The van der Waals surface area contributed by atoms with Crippen molar-refractivity contribution >= 4 is 26.8 Å². The third-order valence-corrected chi connectivity index (χ3v) is 3.86. The van der Waals surface area contributed by atoms with Gasteiger partial charge in [0.15, 0.2) is 0 Å². The fourth-order valence-electron chi connectivity index (χ4n) is 2.35.